The summed E-state index contributed by atoms with van der Waals surface area (Å²) in [5.41, 5.74) is 0. The van der Waals surface area contributed by atoms with Crippen molar-refractivity contribution in [2.24, 2.45) is 0 Å². The van der Waals surface area contributed by atoms with Crippen molar-refractivity contribution in [3.63, 3.8) is 0 Å². The zero-order valence-electron chi connectivity index (χ0n) is 2.86. The van der Waals surface area contributed by atoms with Crippen LogP contribution in [0.4, 0.5) is 0 Å². The summed E-state index contributed by atoms with van der Waals surface area (Å²) in [5, 5.41) is 9.44. The molecule has 1 radical (unpaired) electrons. The molecule has 0 saturated carbocycles. The molecule has 0 unspecified atom stereocenters. The fourth-order valence-corrected chi connectivity index (χ4v) is 0. The molecule has 0 amide bonds. The largest absolute Gasteiger partial charge is 0.322 e. The van der Waals surface area contributed by atoms with Gasteiger partial charge < -0.3 is 5.32 Å². The maximum absolute atomic E-state index is 7.45. The van der Waals surface area contributed by atoms with Crippen molar-refractivity contribution in [1.29, 1.82) is 5.26 Å². The van der Waals surface area contributed by atoms with Crippen molar-refractivity contribution in [3.05, 3.63) is 7.05 Å². The minimum absolute atomic E-state index is 0. The second kappa shape index (κ2) is 8.88. The van der Waals surface area contributed by atoms with Crippen molar-refractivity contribution in [1.82, 2.24) is 5.32 Å². The van der Waals surface area contributed by atoms with Crippen LogP contribution in [0.2, 0.25) is 0 Å². The molecule has 0 fully saturated rings. The summed E-state index contributed by atoms with van der Waals surface area (Å²) in [6.45, 7) is 0. The van der Waals surface area contributed by atoms with Gasteiger partial charge in [0.15, 0.2) is 6.19 Å². The fraction of sp³-hybridized carbons (Fsp3) is 0. The van der Waals surface area contributed by atoms with E-state index in [2.05, 4.69) is 7.05 Å². The molecule has 1 N–H and O–H groups in total. The molecule has 0 aliphatic rings. The van der Waals surface area contributed by atoms with Gasteiger partial charge in [-0.1, -0.05) is 0 Å². The quantitative estimate of drug-likeness (QED) is 0.371. The van der Waals surface area contributed by atoms with Gasteiger partial charge in [0.05, 0.1) is 0 Å². The molecular formula is C2H3HgN2. The molecule has 0 rings (SSSR count). The van der Waals surface area contributed by atoms with Crippen molar-refractivity contribution < 1.29 is 27.7 Å². The minimum Gasteiger partial charge on any atom is -0.322 e. The summed E-state index contributed by atoms with van der Waals surface area (Å²) < 4.78 is 0. The van der Waals surface area contributed by atoms with Gasteiger partial charge in [0.25, 0.3) is 0 Å². The van der Waals surface area contributed by atoms with E-state index in [-0.39, 0.29) is 27.7 Å². The molecule has 5 heavy (non-hydrogen) atoms. The average molecular weight is 256 g/mol. The summed E-state index contributed by atoms with van der Waals surface area (Å²) >= 11 is 0. The monoisotopic (exact) mass is 257 g/mol. The molecule has 0 spiro atoms. The number of nitriles is 1. The summed E-state index contributed by atoms with van der Waals surface area (Å²) in [6, 6.07) is 0. The topological polar surface area (TPSA) is 35.8 Å². The SMILES string of the molecule is [CH2]NC#N.[Hg]. The smallest absolute Gasteiger partial charge is 0.176 e. The number of hydrogen-bond donors (Lipinski definition) is 1. The van der Waals surface area contributed by atoms with Crippen LogP contribution in [0.25, 0.3) is 0 Å². The molecule has 0 bridgehead atoms. The Hall–Kier alpha value is 0.225. The van der Waals surface area contributed by atoms with Crippen molar-refractivity contribution >= 4 is 0 Å². The molecule has 0 saturated heterocycles. The molecule has 0 heterocycles. The van der Waals surface area contributed by atoms with Crippen LogP contribution in [0.1, 0.15) is 0 Å². The van der Waals surface area contributed by atoms with Crippen molar-refractivity contribution in [3.8, 4) is 6.19 Å². The third-order valence-electron chi connectivity index (χ3n) is 0.0791. The maximum atomic E-state index is 7.45. The maximum Gasteiger partial charge on any atom is 0.176 e. The van der Waals surface area contributed by atoms with E-state index in [4.69, 9.17) is 5.26 Å². The van der Waals surface area contributed by atoms with E-state index in [1.165, 1.54) is 0 Å². The van der Waals surface area contributed by atoms with E-state index >= 15 is 0 Å². The Morgan fingerprint density at radius 1 is 1.80 bits per heavy atom. The zero-order chi connectivity index (χ0) is 3.41. The molecular weight excluding hydrogens is 253 g/mol. The van der Waals surface area contributed by atoms with Gasteiger partial charge in [-0.05, 0) is 0 Å². The van der Waals surface area contributed by atoms with Crippen LogP contribution in [-0.2, 0) is 27.7 Å². The Morgan fingerprint density at radius 2 is 2.00 bits per heavy atom. The summed E-state index contributed by atoms with van der Waals surface area (Å²) in [5.74, 6) is 0. The Balaban J connectivity index is 0. The molecule has 3 heteroatoms. The van der Waals surface area contributed by atoms with E-state index in [0.717, 1.165) is 0 Å². The molecule has 0 aromatic heterocycles. The number of hydrogen-bond acceptors (Lipinski definition) is 2. The first-order valence-corrected chi connectivity index (χ1v) is 0.827. The van der Waals surface area contributed by atoms with Crippen molar-refractivity contribution in [2.45, 2.75) is 0 Å². The molecule has 2 nitrogen and oxygen atoms in total. The molecule has 23 valence electrons. The van der Waals surface area contributed by atoms with Gasteiger partial charge >= 0.3 is 0 Å². The van der Waals surface area contributed by atoms with E-state index in [1.807, 2.05) is 5.32 Å². The van der Waals surface area contributed by atoms with Gasteiger partial charge in [0, 0.05) is 34.7 Å². The Bertz CT molecular complexity index is 37.4. The standard InChI is InChI=1S/C2H3N2.Hg/c1-4-2-3;/h4H,1H2;. The second-order valence-electron chi connectivity index (χ2n) is 0.289. The third-order valence-corrected chi connectivity index (χ3v) is 0.0791. The normalized spacial score (nSPS) is 3.20. The third kappa shape index (κ3) is 13.9. The van der Waals surface area contributed by atoms with Gasteiger partial charge in [-0.15, -0.1) is 0 Å². The Morgan fingerprint density at radius 3 is 2.00 bits per heavy atom. The Labute approximate surface area is 51.7 Å². The zero-order valence-corrected chi connectivity index (χ0v) is 8.36. The van der Waals surface area contributed by atoms with Gasteiger partial charge in [0.1, 0.15) is 0 Å². The molecule has 0 aromatic carbocycles. The molecule has 0 aliphatic heterocycles. The Kier molecular flexibility index (Phi) is 15.9. The predicted molar refractivity (Wildman–Crippen MR) is 14.1 cm³/mol. The summed E-state index contributed by atoms with van der Waals surface area (Å²) in [6.07, 6.45) is 1.57. The van der Waals surface area contributed by atoms with Crippen LogP contribution in [0.5, 0.6) is 0 Å². The van der Waals surface area contributed by atoms with E-state index in [1.54, 1.807) is 6.19 Å². The molecule has 0 atom stereocenters. The molecule has 0 aliphatic carbocycles. The molecule has 0 aromatic rings. The summed E-state index contributed by atoms with van der Waals surface area (Å²) in [7, 11) is 2.99. The first-order valence-electron chi connectivity index (χ1n) is 0.827. The van der Waals surface area contributed by atoms with Crippen LogP contribution in [0.3, 0.4) is 0 Å². The summed E-state index contributed by atoms with van der Waals surface area (Å²) in [4.78, 5) is 0. The van der Waals surface area contributed by atoms with E-state index in [9.17, 15) is 0 Å². The number of nitrogens with one attached hydrogen (secondary N) is 1. The van der Waals surface area contributed by atoms with Gasteiger partial charge in [0.2, 0.25) is 0 Å². The van der Waals surface area contributed by atoms with Gasteiger partial charge in [-0.2, -0.15) is 5.26 Å². The van der Waals surface area contributed by atoms with Crippen molar-refractivity contribution in [2.75, 3.05) is 0 Å². The number of rotatable bonds is 0. The van der Waals surface area contributed by atoms with E-state index < -0.39 is 0 Å². The predicted octanol–water partition coefficient (Wildman–Crippen LogP) is -0.154. The van der Waals surface area contributed by atoms with Crippen LogP contribution in [0.15, 0.2) is 0 Å². The van der Waals surface area contributed by atoms with Crippen LogP contribution in [-0.4, -0.2) is 0 Å². The fourth-order valence-electron chi connectivity index (χ4n) is 0. The van der Waals surface area contributed by atoms with Crippen LogP contribution in [0, 0.1) is 18.5 Å². The average Bonchev–Trinajstić information content (AvgIpc) is 1.37. The first kappa shape index (κ1) is 8.97. The second-order valence-corrected chi connectivity index (χ2v) is 0.289. The number of nitrogens with zero attached hydrogens (tertiary/aromatic N) is 1. The van der Waals surface area contributed by atoms with Crippen LogP contribution >= 0.6 is 0 Å². The van der Waals surface area contributed by atoms with E-state index in [0.29, 0.717) is 0 Å². The van der Waals surface area contributed by atoms with Gasteiger partial charge in [-0.25, -0.2) is 0 Å². The van der Waals surface area contributed by atoms with Gasteiger partial charge in [-0.3, -0.25) is 0 Å². The first-order chi connectivity index (χ1) is 1.91. The van der Waals surface area contributed by atoms with Crippen LogP contribution < -0.4 is 5.32 Å². The minimum atomic E-state index is 0.